The van der Waals surface area contributed by atoms with E-state index in [9.17, 15) is 4.39 Å². The molecule has 0 bridgehead atoms. The number of fused-ring (bicyclic) bond motifs is 2. The second-order valence-electron chi connectivity index (χ2n) is 4.23. The van der Waals surface area contributed by atoms with E-state index in [1.54, 1.807) is 12.1 Å². The van der Waals surface area contributed by atoms with Crippen LogP contribution in [0.2, 0.25) is 0 Å². The lowest BCUT2D eigenvalue weighted by atomic mass is 10.1. The van der Waals surface area contributed by atoms with Gasteiger partial charge in [-0.2, -0.15) is 0 Å². The van der Waals surface area contributed by atoms with Gasteiger partial charge in [0.25, 0.3) is 0 Å². The Kier molecular flexibility index (Phi) is 2.06. The van der Waals surface area contributed by atoms with Crippen LogP contribution in [-0.2, 0) is 6.54 Å². The second kappa shape index (κ2) is 3.42. The summed E-state index contributed by atoms with van der Waals surface area (Å²) in [6.45, 7) is 1.93. The van der Waals surface area contributed by atoms with Gasteiger partial charge < -0.3 is 0 Å². The summed E-state index contributed by atoms with van der Waals surface area (Å²) in [5.74, 6) is -0.165. The molecule has 1 saturated heterocycles. The van der Waals surface area contributed by atoms with Crippen molar-refractivity contribution in [2.24, 2.45) is 4.99 Å². The normalized spacial score (nSPS) is 24.7. The highest BCUT2D eigenvalue weighted by molar-refractivity contribution is 5.71. The third-order valence-corrected chi connectivity index (χ3v) is 3.21. The molecule has 2 aliphatic rings. The highest BCUT2D eigenvalue weighted by Crippen LogP contribution is 2.28. The third kappa shape index (κ3) is 1.57. The Bertz CT molecular complexity index is 414. The van der Waals surface area contributed by atoms with Crippen molar-refractivity contribution in [1.29, 1.82) is 0 Å². The predicted molar refractivity (Wildman–Crippen MR) is 58.0 cm³/mol. The van der Waals surface area contributed by atoms with Crippen LogP contribution < -0.4 is 0 Å². The average molecular weight is 204 g/mol. The molecule has 2 aliphatic heterocycles. The maximum atomic E-state index is 13.1. The van der Waals surface area contributed by atoms with Crippen molar-refractivity contribution in [3.8, 4) is 0 Å². The molecule has 15 heavy (non-hydrogen) atoms. The maximum Gasteiger partial charge on any atom is 0.123 e. The summed E-state index contributed by atoms with van der Waals surface area (Å²) >= 11 is 0. The molecule has 0 N–H and O–H groups in total. The summed E-state index contributed by atoms with van der Waals surface area (Å²) in [4.78, 5) is 6.81. The lowest BCUT2D eigenvalue weighted by molar-refractivity contribution is 0.300. The summed E-state index contributed by atoms with van der Waals surface area (Å²) in [6.07, 6.45) is 4.41. The number of halogens is 1. The Morgan fingerprint density at radius 3 is 3.27 bits per heavy atom. The van der Waals surface area contributed by atoms with Crippen LogP contribution >= 0.6 is 0 Å². The fourth-order valence-corrected chi connectivity index (χ4v) is 2.41. The second-order valence-corrected chi connectivity index (χ2v) is 4.23. The Morgan fingerprint density at radius 2 is 2.33 bits per heavy atom. The molecular formula is C12H13FN2. The fraction of sp³-hybridized carbons (Fsp3) is 0.417. The molecule has 2 heterocycles. The summed E-state index contributed by atoms with van der Waals surface area (Å²) < 4.78 is 13.1. The number of nitrogens with zero attached hydrogens (tertiary/aromatic N) is 2. The van der Waals surface area contributed by atoms with Crippen molar-refractivity contribution in [1.82, 2.24) is 4.90 Å². The number of hydrogen-bond donors (Lipinski definition) is 0. The first kappa shape index (κ1) is 9.04. The highest BCUT2D eigenvalue weighted by Gasteiger charge is 2.25. The largest absolute Gasteiger partial charge is 0.291 e. The topological polar surface area (TPSA) is 15.6 Å². The molecule has 0 radical (unpaired) electrons. The average Bonchev–Trinajstić information content (AvgIpc) is 2.58. The molecule has 0 saturated carbocycles. The highest BCUT2D eigenvalue weighted by atomic mass is 19.1. The Labute approximate surface area is 88.4 Å². The van der Waals surface area contributed by atoms with E-state index in [2.05, 4.69) is 9.89 Å². The van der Waals surface area contributed by atoms with Gasteiger partial charge in [-0.25, -0.2) is 4.39 Å². The minimum Gasteiger partial charge on any atom is -0.291 e. The van der Waals surface area contributed by atoms with Crippen molar-refractivity contribution in [3.05, 3.63) is 29.6 Å². The Hall–Kier alpha value is -1.22. The van der Waals surface area contributed by atoms with E-state index in [-0.39, 0.29) is 5.82 Å². The maximum absolute atomic E-state index is 13.1. The summed E-state index contributed by atoms with van der Waals surface area (Å²) in [5, 5.41) is 0. The number of rotatable bonds is 0. The zero-order chi connectivity index (χ0) is 10.3. The van der Waals surface area contributed by atoms with Gasteiger partial charge in [-0.05, 0) is 43.1 Å². The van der Waals surface area contributed by atoms with E-state index >= 15 is 0 Å². The van der Waals surface area contributed by atoms with Crippen LogP contribution in [0.1, 0.15) is 18.4 Å². The van der Waals surface area contributed by atoms with E-state index in [0.717, 1.165) is 24.3 Å². The molecule has 0 spiro atoms. The molecule has 1 aromatic rings. The lowest BCUT2D eigenvalue weighted by Crippen LogP contribution is -2.28. The van der Waals surface area contributed by atoms with Crippen LogP contribution in [0.4, 0.5) is 10.1 Å². The van der Waals surface area contributed by atoms with E-state index in [1.165, 1.54) is 18.9 Å². The molecule has 0 aromatic heterocycles. The zero-order valence-corrected chi connectivity index (χ0v) is 8.49. The van der Waals surface area contributed by atoms with Gasteiger partial charge in [0.2, 0.25) is 0 Å². The van der Waals surface area contributed by atoms with Crippen molar-refractivity contribution in [2.75, 3.05) is 6.54 Å². The summed E-state index contributed by atoms with van der Waals surface area (Å²) in [6, 6.07) is 5.31. The monoisotopic (exact) mass is 204 g/mol. The first-order valence-corrected chi connectivity index (χ1v) is 5.39. The lowest BCUT2D eigenvalue weighted by Gasteiger charge is -2.19. The van der Waals surface area contributed by atoms with Crippen molar-refractivity contribution in [2.45, 2.75) is 25.4 Å². The van der Waals surface area contributed by atoms with E-state index in [4.69, 9.17) is 0 Å². The van der Waals surface area contributed by atoms with Crippen molar-refractivity contribution < 1.29 is 4.39 Å². The van der Waals surface area contributed by atoms with Gasteiger partial charge in [-0.3, -0.25) is 9.89 Å². The van der Waals surface area contributed by atoms with Gasteiger partial charge in [-0.15, -0.1) is 0 Å². The van der Waals surface area contributed by atoms with Crippen LogP contribution in [0, 0.1) is 5.82 Å². The molecule has 2 nitrogen and oxygen atoms in total. The fourth-order valence-electron chi connectivity index (χ4n) is 2.41. The Balaban J connectivity index is 2.01. The SMILES string of the molecule is Fc1ccc2c(c1)CN1CCC[C@H]1C=N2. The summed E-state index contributed by atoms with van der Waals surface area (Å²) in [7, 11) is 0. The van der Waals surface area contributed by atoms with Gasteiger partial charge >= 0.3 is 0 Å². The molecule has 1 aromatic carbocycles. The molecule has 0 aliphatic carbocycles. The summed E-state index contributed by atoms with van der Waals surface area (Å²) in [5.41, 5.74) is 1.93. The van der Waals surface area contributed by atoms with E-state index in [0.29, 0.717) is 6.04 Å². The molecule has 1 fully saturated rings. The zero-order valence-electron chi connectivity index (χ0n) is 8.49. The molecule has 1 atom stereocenters. The van der Waals surface area contributed by atoms with Crippen LogP contribution in [0.3, 0.4) is 0 Å². The van der Waals surface area contributed by atoms with Gasteiger partial charge in [0.1, 0.15) is 5.82 Å². The molecular weight excluding hydrogens is 191 g/mol. The van der Waals surface area contributed by atoms with Crippen molar-refractivity contribution >= 4 is 11.9 Å². The minimum atomic E-state index is -0.165. The van der Waals surface area contributed by atoms with E-state index in [1.807, 2.05) is 6.21 Å². The van der Waals surface area contributed by atoms with E-state index < -0.39 is 0 Å². The first-order valence-electron chi connectivity index (χ1n) is 5.39. The van der Waals surface area contributed by atoms with Crippen LogP contribution in [0.25, 0.3) is 0 Å². The van der Waals surface area contributed by atoms with Crippen molar-refractivity contribution in [3.63, 3.8) is 0 Å². The molecule has 3 heteroatoms. The number of aliphatic imine (C=N–C) groups is 1. The van der Waals surface area contributed by atoms with Crippen LogP contribution in [0.15, 0.2) is 23.2 Å². The quantitative estimate of drug-likeness (QED) is 0.634. The molecule has 0 unspecified atom stereocenters. The van der Waals surface area contributed by atoms with Crippen LogP contribution in [0.5, 0.6) is 0 Å². The first-order chi connectivity index (χ1) is 7.33. The van der Waals surface area contributed by atoms with Gasteiger partial charge in [0, 0.05) is 18.8 Å². The standard InChI is InChI=1S/C12H13FN2/c13-10-3-4-12-9(6-10)8-15-5-1-2-11(15)7-14-12/h3-4,6-7,11H,1-2,5,8H2/t11-/m0/s1. The van der Waals surface area contributed by atoms with Gasteiger partial charge in [0.15, 0.2) is 0 Å². The molecule has 3 rings (SSSR count). The van der Waals surface area contributed by atoms with Gasteiger partial charge in [0.05, 0.1) is 5.69 Å². The molecule has 78 valence electrons. The van der Waals surface area contributed by atoms with Gasteiger partial charge in [-0.1, -0.05) is 0 Å². The number of hydrogen-bond acceptors (Lipinski definition) is 2. The van der Waals surface area contributed by atoms with Crippen LogP contribution in [-0.4, -0.2) is 23.7 Å². The predicted octanol–water partition coefficient (Wildman–Crippen LogP) is 2.51. The molecule has 0 amide bonds. The number of benzene rings is 1. The third-order valence-electron chi connectivity index (χ3n) is 3.21. The Morgan fingerprint density at radius 1 is 1.40 bits per heavy atom. The minimum absolute atomic E-state index is 0.165. The smallest absolute Gasteiger partial charge is 0.123 e.